The highest BCUT2D eigenvalue weighted by Gasteiger charge is 2.41. The quantitative estimate of drug-likeness (QED) is 0.714. The SMILES string of the molecule is COc1ccc2c(c1)CC[N@@+](C)(CC1CCC1)[C@@H]2Cc1ccc(OC)c([O-])c1. The molecule has 1 aliphatic heterocycles. The Hall–Kier alpha value is -2.20. The molecule has 2 aromatic rings. The van der Waals surface area contributed by atoms with Gasteiger partial charge in [-0.15, -0.1) is 0 Å². The van der Waals surface area contributed by atoms with E-state index in [2.05, 4.69) is 25.2 Å². The van der Waals surface area contributed by atoms with Crippen LogP contribution in [0.3, 0.4) is 0 Å². The molecule has 2 aliphatic rings. The Bertz CT molecular complexity index is 846. The predicted octanol–water partition coefficient (Wildman–Crippen LogP) is 3.86. The Labute approximate surface area is 168 Å². The highest BCUT2D eigenvalue weighted by Crippen LogP contribution is 2.42. The summed E-state index contributed by atoms with van der Waals surface area (Å²) in [5.74, 6) is 2.17. The van der Waals surface area contributed by atoms with Crippen molar-refractivity contribution in [3.05, 3.63) is 53.1 Å². The minimum atomic E-state index is -0.0287. The molecule has 1 saturated carbocycles. The molecule has 0 N–H and O–H groups in total. The van der Waals surface area contributed by atoms with Crippen molar-refractivity contribution in [3.8, 4) is 17.2 Å². The molecule has 2 atom stereocenters. The molecule has 0 spiro atoms. The van der Waals surface area contributed by atoms with Gasteiger partial charge in [-0.2, -0.15) is 0 Å². The summed E-state index contributed by atoms with van der Waals surface area (Å²) < 4.78 is 11.7. The number of ether oxygens (including phenoxy) is 2. The van der Waals surface area contributed by atoms with Crippen LogP contribution in [0.5, 0.6) is 17.2 Å². The molecular formula is C24H31NO3. The van der Waals surface area contributed by atoms with Crippen molar-refractivity contribution in [2.24, 2.45) is 5.92 Å². The second-order valence-corrected chi connectivity index (χ2v) is 8.70. The number of hydrogen-bond acceptors (Lipinski definition) is 3. The Morgan fingerprint density at radius 3 is 2.54 bits per heavy atom. The average Bonchev–Trinajstić information content (AvgIpc) is 2.67. The van der Waals surface area contributed by atoms with Gasteiger partial charge in [-0.25, -0.2) is 0 Å². The average molecular weight is 382 g/mol. The lowest BCUT2D eigenvalue weighted by Gasteiger charge is -2.48. The van der Waals surface area contributed by atoms with Gasteiger partial charge in [-0.1, -0.05) is 24.3 Å². The summed E-state index contributed by atoms with van der Waals surface area (Å²) in [6.45, 7) is 2.37. The number of nitrogens with zero attached hydrogens (tertiary/aromatic N) is 1. The van der Waals surface area contributed by atoms with Crippen molar-refractivity contribution in [2.45, 2.75) is 38.1 Å². The maximum atomic E-state index is 12.3. The van der Waals surface area contributed by atoms with Crippen molar-refractivity contribution < 1.29 is 19.1 Å². The van der Waals surface area contributed by atoms with E-state index in [1.165, 1.54) is 36.9 Å². The van der Waals surface area contributed by atoms with Crippen LogP contribution >= 0.6 is 0 Å². The fourth-order valence-electron chi connectivity index (χ4n) is 5.00. The van der Waals surface area contributed by atoms with Crippen LogP contribution in [0.2, 0.25) is 0 Å². The summed E-state index contributed by atoms with van der Waals surface area (Å²) in [6, 6.07) is 12.5. The van der Waals surface area contributed by atoms with Gasteiger partial charge in [-0.3, -0.25) is 0 Å². The molecule has 4 rings (SSSR count). The molecular weight excluding hydrogens is 350 g/mol. The summed E-state index contributed by atoms with van der Waals surface area (Å²) in [6.07, 6.45) is 6.07. The van der Waals surface area contributed by atoms with Crippen molar-refractivity contribution in [2.75, 3.05) is 34.4 Å². The van der Waals surface area contributed by atoms with Crippen LogP contribution in [0.25, 0.3) is 0 Å². The fourth-order valence-corrected chi connectivity index (χ4v) is 5.00. The lowest BCUT2D eigenvalue weighted by atomic mass is 9.81. The highest BCUT2D eigenvalue weighted by molar-refractivity contribution is 5.43. The van der Waals surface area contributed by atoms with E-state index in [1.807, 2.05) is 12.1 Å². The number of fused-ring (bicyclic) bond motifs is 1. The van der Waals surface area contributed by atoms with Gasteiger partial charge in [-0.05, 0) is 48.2 Å². The minimum absolute atomic E-state index is 0.0287. The van der Waals surface area contributed by atoms with Crippen LogP contribution in [0.15, 0.2) is 36.4 Å². The highest BCUT2D eigenvalue weighted by atomic mass is 16.5. The van der Waals surface area contributed by atoms with Crippen molar-refractivity contribution in [3.63, 3.8) is 0 Å². The summed E-state index contributed by atoms with van der Waals surface area (Å²) >= 11 is 0. The van der Waals surface area contributed by atoms with Crippen molar-refractivity contribution >= 4 is 0 Å². The Balaban J connectivity index is 1.68. The number of hydrogen-bond donors (Lipinski definition) is 0. The molecule has 0 amide bonds. The lowest BCUT2D eigenvalue weighted by molar-refractivity contribution is -0.945. The van der Waals surface area contributed by atoms with E-state index >= 15 is 0 Å². The van der Waals surface area contributed by atoms with Crippen LogP contribution < -0.4 is 14.6 Å². The lowest BCUT2D eigenvalue weighted by Crippen LogP contribution is -2.55. The maximum absolute atomic E-state index is 12.3. The first-order valence-electron chi connectivity index (χ1n) is 10.4. The number of likely N-dealkylation sites (N-methyl/N-ethyl adjacent to an activating group) is 1. The fraction of sp³-hybridized carbons (Fsp3) is 0.500. The molecule has 4 nitrogen and oxygen atoms in total. The topological polar surface area (TPSA) is 41.5 Å². The van der Waals surface area contributed by atoms with Gasteiger partial charge in [0.25, 0.3) is 0 Å². The standard InChI is InChI=1S/C24H31NO3/c1-25(16-17-5-4-6-17)12-11-19-15-20(27-2)8-9-21(19)22(25)13-18-7-10-24(28-3)23(26)14-18/h7-10,14-15,17,22H,4-6,11-13,16H2,1-3H3/t22-,25+/m1/s1. The maximum Gasteiger partial charge on any atom is 0.119 e. The number of quaternary nitrogens is 1. The van der Waals surface area contributed by atoms with Crippen LogP contribution in [-0.4, -0.2) is 38.8 Å². The van der Waals surface area contributed by atoms with Gasteiger partial charge in [0, 0.05) is 24.3 Å². The van der Waals surface area contributed by atoms with E-state index in [0.29, 0.717) is 11.8 Å². The summed E-state index contributed by atoms with van der Waals surface area (Å²) in [5.41, 5.74) is 3.90. The van der Waals surface area contributed by atoms with E-state index in [0.717, 1.165) is 41.1 Å². The third kappa shape index (κ3) is 3.58. The van der Waals surface area contributed by atoms with Crippen LogP contribution in [0.4, 0.5) is 0 Å². The molecule has 0 unspecified atom stereocenters. The predicted molar refractivity (Wildman–Crippen MR) is 109 cm³/mol. The van der Waals surface area contributed by atoms with E-state index in [4.69, 9.17) is 9.47 Å². The van der Waals surface area contributed by atoms with Gasteiger partial charge < -0.3 is 19.1 Å². The first-order valence-corrected chi connectivity index (χ1v) is 10.4. The van der Waals surface area contributed by atoms with Gasteiger partial charge in [0.1, 0.15) is 17.5 Å². The van der Waals surface area contributed by atoms with Crippen molar-refractivity contribution in [1.29, 1.82) is 0 Å². The Morgan fingerprint density at radius 2 is 1.89 bits per heavy atom. The van der Waals surface area contributed by atoms with Crippen LogP contribution in [0, 0.1) is 5.92 Å². The van der Waals surface area contributed by atoms with Gasteiger partial charge in [0.2, 0.25) is 0 Å². The molecule has 0 saturated heterocycles. The zero-order valence-corrected chi connectivity index (χ0v) is 17.2. The van der Waals surface area contributed by atoms with Crippen LogP contribution in [-0.2, 0) is 12.8 Å². The van der Waals surface area contributed by atoms with E-state index in [1.54, 1.807) is 20.3 Å². The molecule has 0 aromatic heterocycles. The van der Waals surface area contributed by atoms with E-state index in [9.17, 15) is 5.11 Å². The summed E-state index contributed by atoms with van der Waals surface area (Å²) in [5, 5.41) is 12.3. The van der Waals surface area contributed by atoms with Crippen molar-refractivity contribution in [1.82, 2.24) is 0 Å². The van der Waals surface area contributed by atoms with Crippen LogP contribution in [0.1, 0.15) is 42.0 Å². The van der Waals surface area contributed by atoms with Gasteiger partial charge in [0.15, 0.2) is 0 Å². The molecule has 0 bridgehead atoms. The molecule has 1 aliphatic carbocycles. The molecule has 2 aromatic carbocycles. The third-order valence-corrected chi connectivity index (χ3v) is 6.91. The Morgan fingerprint density at radius 1 is 1.07 bits per heavy atom. The van der Waals surface area contributed by atoms with E-state index in [-0.39, 0.29) is 5.75 Å². The monoisotopic (exact) mass is 381 g/mol. The Kier molecular flexibility index (Phi) is 5.24. The van der Waals surface area contributed by atoms with Gasteiger partial charge >= 0.3 is 0 Å². The minimum Gasteiger partial charge on any atom is -0.870 e. The largest absolute Gasteiger partial charge is 0.870 e. The smallest absolute Gasteiger partial charge is 0.119 e. The molecule has 4 heteroatoms. The summed E-state index contributed by atoms with van der Waals surface area (Å²) in [7, 11) is 5.69. The second-order valence-electron chi connectivity index (χ2n) is 8.70. The molecule has 150 valence electrons. The van der Waals surface area contributed by atoms with Gasteiger partial charge in [0.05, 0.1) is 34.4 Å². The first kappa shape index (κ1) is 19.1. The normalized spacial score (nSPS) is 24.3. The zero-order valence-electron chi connectivity index (χ0n) is 17.2. The molecule has 1 heterocycles. The molecule has 28 heavy (non-hydrogen) atoms. The number of benzene rings is 2. The number of rotatable bonds is 6. The summed E-state index contributed by atoms with van der Waals surface area (Å²) in [4.78, 5) is 0. The number of methoxy groups -OCH3 is 2. The van der Waals surface area contributed by atoms with E-state index < -0.39 is 0 Å². The molecule has 0 radical (unpaired) electrons. The second kappa shape index (κ2) is 7.67. The first-order chi connectivity index (χ1) is 13.5. The third-order valence-electron chi connectivity index (χ3n) is 6.91. The zero-order chi connectivity index (χ0) is 19.7. The molecule has 1 fully saturated rings.